The Morgan fingerprint density at radius 1 is 1.56 bits per heavy atom. The Morgan fingerprint density at radius 3 is 2.89 bits per heavy atom. The quantitative estimate of drug-likeness (QED) is 0.799. The predicted octanol–water partition coefficient (Wildman–Crippen LogP) is 2.90. The molecule has 1 amide bonds. The van der Waals surface area contributed by atoms with Gasteiger partial charge in [-0.1, -0.05) is 13.3 Å². The molecular formula is C14H23NO2S. The Labute approximate surface area is 113 Å². The highest BCUT2D eigenvalue weighted by Gasteiger charge is 2.14. The molecule has 1 atom stereocenters. The SMILES string of the molecule is CCCC(C)NC(=O)c1cc(C)c(CCCO)s1. The lowest BCUT2D eigenvalue weighted by Gasteiger charge is -2.11. The van der Waals surface area contributed by atoms with Gasteiger partial charge >= 0.3 is 0 Å². The number of amides is 1. The Kier molecular flexibility index (Phi) is 6.36. The van der Waals surface area contributed by atoms with Crippen LogP contribution in [0.15, 0.2) is 6.07 Å². The van der Waals surface area contributed by atoms with E-state index in [1.807, 2.05) is 19.9 Å². The van der Waals surface area contributed by atoms with Gasteiger partial charge < -0.3 is 10.4 Å². The summed E-state index contributed by atoms with van der Waals surface area (Å²) in [6.45, 7) is 6.38. The van der Waals surface area contributed by atoms with Crippen molar-refractivity contribution >= 4 is 17.2 Å². The molecule has 102 valence electrons. The number of aliphatic hydroxyl groups is 1. The molecule has 1 aromatic rings. The maximum atomic E-state index is 12.0. The van der Waals surface area contributed by atoms with Crippen molar-refractivity contribution in [2.75, 3.05) is 6.61 Å². The van der Waals surface area contributed by atoms with Crippen LogP contribution in [0.5, 0.6) is 0 Å². The Balaban J connectivity index is 2.63. The summed E-state index contributed by atoms with van der Waals surface area (Å²) >= 11 is 1.54. The maximum Gasteiger partial charge on any atom is 0.261 e. The van der Waals surface area contributed by atoms with Crippen LogP contribution in [0.4, 0.5) is 0 Å². The summed E-state index contributed by atoms with van der Waals surface area (Å²) < 4.78 is 0. The average Bonchev–Trinajstić information content (AvgIpc) is 2.68. The maximum absolute atomic E-state index is 12.0. The number of carbonyl (C=O) groups is 1. The predicted molar refractivity (Wildman–Crippen MR) is 76.3 cm³/mol. The largest absolute Gasteiger partial charge is 0.396 e. The lowest BCUT2D eigenvalue weighted by atomic mass is 10.2. The molecule has 0 saturated carbocycles. The molecule has 1 heterocycles. The lowest BCUT2D eigenvalue weighted by molar-refractivity contribution is 0.0942. The molecule has 0 aliphatic rings. The first-order chi connectivity index (χ1) is 8.58. The van der Waals surface area contributed by atoms with Crippen molar-refractivity contribution in [3.63, 3.8) is 0 Å². The van der Waals surface area contributed by atoms with Crippen molar-refractivity contribution in [3.8, 4) is 0 Å². The normalized spacial score (nSPS) is 12.4. The number of hydrogen-bond donors (Lipinski definition) is 2. The molecular weight excluding hydrogens is 246 g/mol. The van der Waals surface area contributed by atoms with Crippen LogP contribution in [0, 0.1) is 6.92 Å². The van der Waals surface area contributed by atoms with E-state index < -0.39 is 0 Å². The lowest BCUT2D eigenvalue weighted by Crippen LogP contribution is -2.31. The van der Waals surface area contributed by atoms with E-state index in [1.165, 1.54) is 4.88 Å². The summed E-state index contributed by atoms with van der Waals surface area (Å²) in [4.78, 5) is 14.0. The summed E-state index contributed by atoms with van der Waals surface area (Å²) in [6, 6.07) is 2.18. The minimum absolute atomic E-state index is 0.0271. The van der Waals surface area contributed by atoms with E-state index in [9.17, 15) is 4.79 Å². The van der Waals surface area contributed by atoms with Crippen LogP contribution in [-0.4, -0.2) is 23.7 Å². The monoisotopic (exact) mass is 269 g/mol. The molecule has 0 aliphatic heterocycles. The molecule has 0 aromatic carbocycles. The van der Waals surface area contributed by atoms with E-state index in [2.05, 4.69) is 12.2 Å². The molecule has 0 spiro atoms. The molecule has 2 N–H and O–H groups in total. The van der Waals surface area contributed by atoms with Gasteiger partial charge in [0.1, 0.15) is 0 Å². The highest BCUT2D eigenvalue weighted by Crippen LogP contribution is 2.23. The Morgan fingerprint density at radius 2 is 2.28 bits per heavy atom. The molecule has 0 saturated heterocycles. The number of aryl methyl sites for hydroxylation is 2. The topological polar surface area (TPSA) is 49.3 Å². The second kappa shape index (κ2) is 7.54. The summed E-state index contributed by atoms with van der Waals surface area (Å²) in [6.07, 6.45) is 3.69. The molecule has 0 bridgehead atoms. The third-order valence-electron chi connectivity index (χ3n) is 2.91. The van der Waals surface area contributed by atoms with Crippen LogP contribution in [0.3, 0.4) is 0 Å². The van der Waals surface area contributed by atoms with Crippen molar-refractivity contribution in [1.29, 1.82) is 0 Å². The van der Waals surface area contributed by atoms with Crippen molar-refractivity contribution in [1.82, 2.24) is 5.32 Å². The Hall–Kier alpha value is -0.870. The highest BCUT2D eigenvalue weighted by atomic mass is 32.1. The first kappa shape index (κ1) is 15.2. The minimum atomic E-state index is 0.0271. The van der Waals surface area contributed by atoms with Gasteiger partial charge in [-0.3, -0.25) is 4.79 Å². The number of hydrogen-bond acceptors (Lipinski definition) is 3. The summed E-state index contributed by atoms with van der Waals surface area (Å²) in [5.74, 6) is 0.0271. The molecule has 1 rings (SSSR count). The average molecular weight is 269 g/mol. The number of nitrogens with one attached hydrogen (secondary N) is 1. The van der Waals surface area contributed by atoms with Crippen molar-refractivity contribution in [3.05, 3.63) is 21.4 Å². The van der Waals surface area contributed by atoms with Crippen LogP contribution < -0.4 is 5.32 Å². The van der Waals surface area contributed by atoms with E-state index in [4.69, 9.17) is 5.11 Å². The molecule has 1 unspecified atom stereocenters. The zero-order valence-corrected chi connectivity index (χ0v) is 12.3. The molecule has 0 fully saturated rings. The van der Waals surface area contributed by atoms with Crippen molar-refractivity contribution < 1.29 is 9.90 Å². The van der Waals surface area contributed by atoms with Gasteiger partial charge in [-0.05, 0) is 44.7 Å². The van der Waals surface area contributed by atoms with Gasteiger partial charge in [-0.25, -0.2) is 0 Å². The van der Waals surface area contributed by atoms with Gasteiger partial charge in [0.15, 0.2) is 0 Å². The highest BCUT2D eigenvalue weighted by molar-refractivity contribution is 7.14. The van der Waals surface area contributed by atoms with E-state index in [1.54, 1.807) is 11.3 Å². The third kappa shape index (κ3) is 4.42. The first-order valence-electron chi connectivity index (χ1n) is 6.59. The van der Waals surface area contributed by atoms with Gasteiger partial charge in [0.05, 0.1) is 4.88 Å². The number of thiophene rings is 1. The Bertz CT molecular complexity index is 387. The molecule has 0 aliphatic carbocycles. The first-order valence-corrected chi connectivity index (χ1v) is 7.41. The van der Waals surface area contributed by atoms with E-state index in [0.29, 0.717) is 0 Å². The van der Waals surface area contributed by atoms with Crippen LogP contribution in [0.1, 0.15) is 53.2 Å². The van der Waals surface area contributed by atoms with E-state index in [0.717, 1.165) is 36.1 Å². The molecule has 18 heavy (non-hydrogen) atoms. The molecule has 0 radical (unpaired) electrons. The van der Waals surface area contributed by atoms with Gasteiger partial charge in [0.2, 0.25) is 0 Å². The van der Waals surface area contributed by atoms with E-state index in [-0.39, 0.29) is 18.6 Å². The van der Waals surface area contributed by atoms with Gasteiger partial charge in [-0.2, -0.15) is 0 Å². The van der Waals surface area contributed by atoms with Crippen LogP contribution in [-0.2, 0) is 6.42 Å². The van der Waals surface area contributed by atoms with Gasteiger partial charge in [0, 0.05) is 17.5 Å². The van der Waals surface area contributed by atoms with E-state index >= 15 is 0 Å². The second-order valence-corrected chi connectivity index (χ2v) is 5.84. The number of aliphatic hydroxyl groups excluding tert-OH is 1. The van der Waals surface area contributed by atoms with Crippen LogP contribution in [0.25, 0.3) is 0 Å². The van der Waals surface area contributed by atoms with Crippen molar-refractivity contribution in [2.45, 2.75) is 52.5 Å². The number of carbonyl (C=O) groups excluding carboxylic acids is 1. The van der Waals surface area contributed by atoms with Crippen molar-refractivity contribution in [2.24, 2.45) is 0 Å². The van der Waals surface area contributed by atoms with Crippen LogP contribution in [0.2, 0.25) is 0 Å². The third-order valence-corrected chi connectivity index (χ3v) is 4.20. The summed E-state index contributed by atoms with van der Waals surface area (Å²) in [7, 11) is 0. The van der Waals surface area contributed by atoms with Crippen LogP contribution >= 0.6 is 11.3 Å². The van der Waals surface area contributed by atoms with Gasteiger partial charge in [-0.15, -0.1) is 11.3 Å². The molecule has 4 heteroatoms. The fourth-order valence-electron chi connectivity index (χ4n) is 1.92. The standard InChI is InChI=1S/C14H23NO2S/c1-4-6-11(3)15-14(17)13-9-10(2)12(18-13)7-5-8-16/h9,11,16H,4-8H2,1-3H3,(H,15,17). The summed E-state index contributed by atoms with van der Waals surface area (Å²) in [5.41, 5.74) is 1.15. The fraction of sp³-hybridized carbons (Fsp3) is 0.643. The molecule has 1 aromatic heterocycles. The smallest absolute Gasteiger partial charge is 0.261 e. The molecule has 3 nitrogen and oxygen atoms in total. The zero-order valence-electron chi connectivity index (χ0n) is 11.5. The second-order valence-electron chi connectivity index (χ2n) is 4.71. The number of rotatable bonds is 7. The van der Waals surface area contributed by atoms with Gasteiger partial charge in [0.25, 0.3) is 5.91 Å². The summed E-state index contributed by atoms with van der Waals surface area (Å²) in [5, 5.41) is 11.9. The minimum Gasteiger partial charge on any atom is -0.396 e. The zero-order chi connectivity index (χ0) is 13.5. The fourth-order valence-corrected chi connectivity index (χ4v) is 3.04.